The van der Waals surface area contributed by atoms with Gasteiger partial charge in [-0.15, -0.1) is 0 Å². The van der Waals surface area contributed by atoms with E-state index in [1.807, 2.05) is 45.9 Å². The van der Waals surface area contributed by atoms with Crippen molar-refractivity contribution in [1.29, 1.82) is 0 Å². The van der Waals surface area contributed by atoms with Crippen LogP contribution in [-0.2, 0) is 13.0 Å². The van der Waals surface area contributed by atoms with Crippen molar-refractivity contribution in [1.82, 2.24) is 0 Å². The van der Waals surface area contributed by atoms with Crippen LogP contribution in [0, 0.1) is 24.4 Å². The van der Waals surface area contributed by atoms with E-state index in [0.29, 0.717) is 11.3 Å². The van der Waals surface area contributed by atoms with Gasteiger partial charge in [-0.1, -0.05) is 40.2 Å². The normalized spacial score (nSPS) is 10.9. The molecule has 0 fully saturated rings. The minimum atomic E-state index is -1.49. The number of rotatable bonds is 7. The van der Waals surface area contributed by atoms with Gasteiger partial charge in [-0.05, 0) is 93.3 Å². The number of aryl methyl sites for hydroxylation is 1. The highest BCUT2D eigenvalue weighted by Gasteiger charge is 2.14. The van der Waals surface area contributed by atoms with Crippen LogP contribution in [0.3, 0.4) is 0 Å². The molecule has 0 aliphatic heterocycles. The van der Waals surface area contributed by atoms with Gasteiger partial charge in [-0.2, -0.15) is 0 Å². The van der Waals surface area contributed by atoms with Crippen LogP contribution >= 0.6 is 15.9 Å². The van der Waals surface area contributed by atoms with Gasteiger partial charge < -0.3 is 9.84 Å². The molecule has 0 atom stereocenters. The third-order valence-corrected chi connectivity index (χ3v) is 5.75. The largest absolute Gasteiger partial charge is 0.488 e. The molecular weight excluding hydrogens is 533 g/mol. The molecule has 0 aliphatic rings. The SMILES string of the molecule is C/C=C(/C)Cc1cc(C)cc(C(=O)O)c1.C=C(C)c1cc(Br)ccc1OCc1ccc(F)c(F)c1F. The molecule has 0 saturated heterocycles. The summed E-state index contributed by atoms with van der Waals surface area (Å²) in [5.74, 6) is -4.31. The fourth-order valence-corrected chi connectivity index (χ4v) is 3.67. The Morgan fingerprint density at radius 1 is 1.06 bits per heavy atom. The summed E-state index contributed by atoms with van der Waals surface area (Å²) >= 11 is 3.34. The monoisotopic (exact) mass is 560 g/mol. The Hall–Kier alpha value is -3.32. The Morgan fingerprint density at radius 3 is 2.36 bits per heavy atom. The van der Waals surface area contributed by atoms with Crippen LogP contribution in [-0.4, -0.2) is 11.1 Å². The number of allylic oxidation sites excluding steroid dienone is 3. The zero-order valence-electron chi connectivity index (χ0n) is 20.6. The predicted octanol–water partition coefficient (Wildman–Crippen LogP) is 8.68. The zero-order chi connectivity index (χ0) is 27.0. The molecule has 0 heterocycles. The van der Waals surface area contributed by atoms with Crippen molar-refractivity contribution in [2.75, 3.05) is 0 Å². The fourth-order valence-electron chi connectivity index (χ4n) is 3.31. The third-order valence-electron chi connectivity index (χ3n) is 5.26. The molecule has 36 heavy (non-hydrogen) atoms. The molecule has 0 aliphatic carbocycles. The second-order valence-corrected chi connectivity index (χ2v) is 9.28. The maximum Gasteiger partial charge on any atom is 0.335 e. The van der Waals surface area contributed by atoms with Gasteiger partial charge in [0.25, 0.3) is 0 Å². The molecule has 3 aromatic rings. The van der Waals surface area contributed by atoms with Gasteiger partial charge in [0, 0.05) is 15.6 Å². The van der Waals surface area contributed by atoms with Crippen LogP contribution in [0.5, 0.6) is 5.75 Å². The van der Waals surface area contributed by atoms with Crippen LogP contribution in [0.1, 0.15) is 53.4 Å². The highest BCUT2D eigenvalue weighted by molar-refractivity contribution is 9.10. The molecule has 0 unspecified atom stereocenters. The van der Waals surface area contributed by atoms with Crippen LogP contribution < -0.4 is 4.74 Å². The lowest BCUT2D eigenvalue weighted by atomic mass is 10.0. The second-order valence-electron chi connectivity index (χ2n) is 8.37. The first-order valence-corrected chi connectivity index (χ1v) is 11.9. The minimum Gasteiger partial charge on any atom is -0.488 e. The van der Waals surface area contributed by atoms with Gasteiger partial charge in [0.05, 0.1) is 5.56 Å². The topological polar surface area (TPSA) is 46.5 Å². The van der Waals surface area contributed by atoms with Gasteiger partial charge in [-0.3, -0.25) is 0 Å². The van der Waals surface area contributed by atoms with E-state index in [9.17, 15) is 18.0 Å². The van der Waals surface area contributed by atoms with Crippen molar-refractivity contribution in [2.45, 2.75) is 40.7 Å². The zero-order valence-corrected chi connectivity index (χ0v) is 22.2. The van der Waals surface area contributed by atoms with Gasteiger partial charge in [0.2, 0.25) is 0 Å². The Balaban J connectivity index is 0.000000269. The maximum atomic E-state index is 13.6. The van der Waals surface area contributed by atoms with E-state index in [1.165, 1.54) is 5.57 Å². The van der Waals surface area contributed by atoms with E-state index in [-0.39, 0.29) is 12.2 Å². The average Bonchev–Trinajstić information content (AvgIpc) is 2.82. The lowest BCUT2D eigenvalue weighted by Crippen LogP contribution is -2.03. The van der Waals surface area contributed by atoms with Gasteiger partial charge in [-0.25, -0.2) is 18.0 Å². The van der Waals surface area contributed by atoms with Crippen molar-refractivity contribution in [3.8, 4) is 5.75 Å². The summed E-state index contributed by atoms with van der Waals surface area (Å²) < 4.78 is 45.9. The quantitative estimate of drug-likeness (QED) is 0.232. The summed E-state index contributed by atoms with van der Waals surface area (Å²) in [4.78, 5) is 10.8. The molecular formula is C29H28BrF3O3. The predicted molar refractivity (Wildman–Crippen MR) is 141 cm³/mol. The summed E-state index contributed by atoms with van der Waals surface area (Å²) in [6.45, 7) is 11.4. The number of carboxylic acid groups (broad SMARTS) is 1. The Kier molecular flexibility index (Phi) is 10.5. The molecule has 3 aromatic carbocycles. The molecule has 7 heteroatoms. The molecule has 190 valence electrons. The number of halogens is 4. The summed E-state index contributed by atoms with van der Waals surface area (Å²) in [7, 11) is 0. The maximum absolute atomic E-state index is 13.6. The van der Waals surface area contributed by atoms with E-state index >= 15 is 0 Å². The van der Waals surface area contributed by atoms with E-state index in [0.717, 1.165) is 45.3 Å². The van der Waals surface area contributed by atoms with Crippen LogP contribution in [0.4, 0.5) is 13.2 Å². The first kappa shape index (κ1) is 28.9. The smallest absolute Gasteiger partial charge is 0.335 e. The van der Waals surface area contributed by atoms with Crippen molar-refractivity contribution in [2.24, 2.45) is 0 Å². The highest BCUT2D eigenvalue weighted by Crippen LogP contribution is 2.29. The van der Waals surface area contributed by atoms with E-state index in [4.69, 9.17) is 9.84 Å². The van der Waals surface area contributed by atoms with Crippen molar-refractivity contribution < 1.29 is 27.8 Å². The lowest BCUT2D eigenvalue weighted by Gasteiger charge is -2.12. The van der Waals surface area contributed by atoms with E-state index < -0.39 is 23.4 Å². The molecule has 0 spiro atoms. The minimum absolute atomic E-state index is 0.0514. The summed E-state index contributed by atoms with van der Waals surface area (Å²) in [5, 5.41) is 8.91. The lowest BCUT2D eigenvalue weighted by molar-refractivity contribution is 0.0696. The van der Waals surface area contributed by atoms with E-state index in [2.05, 4.69) is 22.5 Å². The van der Waals surface area contributed by atoms with Crippen LogP contribution in [0.25, 0.3) is 5.57 Å². The van der Waals surface area contributed by atoms with E-state index in [1.54, 1.807) is 24.3 Å². The molecule has 1 N–H and O–H groups in total. The van der Waals surface area contributed by atoms with Crippen LogP contribution in [0.15, 0.2) is 71.2 Å². The molecule has 0 saturated carbocycles. The van der Waals surface area contributed by atoms with Crippen molar-refractivity contribution in [3.63, 3.8) is 0 Å². The molecule has 0 amide bonds. The summed E-state index contributed by atoms with van der Waals surface area (Å²) in [5.41, 5.74) is 5.15. The standard InChI is InChI=1S/C16H12BrF3O.C13H16O2/c1-9(2)12-7-11(17)4-6-14(12)21-8-10-3-5-13(18)16(20)15(10)19;1-4-9(2)5-11-6-10(3)7-12(8-11)13(14)15/h3-7H,1,8H2,2H3;4,6-8H,5H2,1-3H3,(H,14,15)/b;9-4-. The first-order valence-electron chi connectivity index (χ1n) is 11.1. The Morgan fingerprint density at radius 2 is 1.75 bits per heavy atom. The van der Waals surface area contributed by atoms with Gasteiger partial charge in [0.1, 0.15) is 12.4 Å². The van der Waals surface area contributed by atoms with Crippen molar-refractivity contribution >= 4 is 27.5 Å². The number of benzene rings is 3. The number of hydrogen-bond donors (Lipinski definition) is 1. The van der Waals surface area contributed by atoms with Crippen molar-refractivity contribution in [3.05, 3.63) is 117 Å². The molecule has 0 aromatic heterocycles. The molecule has 0 radical (unpaired) electrons. The first-order chi connectivity index (χ1) is 16.9. The Labute approximate surface area is 218 Å². The van der Waals surface area contributed by atoms with Gasteiger partial charge >= 0.3 is 5.97 Å². The van der Waals surface area contributed by atoms with Crippen LogP contribution in [0.2, 0.25) is 0 Å². The number of carbonyl (C=O) groups is 1. The number of aromatic carboxylic acids is 1. The molecule has 0 bridgehead atoms. The highest BCUT2D eigenvalue weighted by atomic mass is 79.9. The molecule has 3 nitrogen and oxygen atoms in total. The number of ether oxygens (including phenoxy) is 1. The third kappa shape index (κ3) is 8.12. The Bertz CT molecular complexity index is 1300. The summed E-state index contributed by atoms with van der Waals surface area (Å²) in [6, 6.07) is 12.8. The molecule has 3 rings (SSSR count). The number of carboxylic acids is 1. The fraction of sp³-hybridized carbons (Fsp3) is 0.207. The van der Waals surface area contributed by atoms with Gasteiger partial charge in [0.15, 0.2) is 17.5 Å². The summed E-state index contributed by atoms with van der Waals surface area (Å²) in [6.07, 6.45) is 2.86. The average molecular weight is 561 g/mol. The second kappa shape index (κ2) is 13.1. The number of hydrogen-bond acceptors (Lipinski definition) is 2.